The molecule has 2 N–H and O–H groups in total. The van der Waals surface area contributed by atoms with Gasteiger partial charge >= 0.3 is 27.2 Å². The van der Waals surface area contributed by atoms with E-state index in [1.54, 1.807) is 0 Å². The van der Waals surface area contributed by atoms with Gasteiger partial charge in [0.1, 0.15) is 0 Å². The molecule has 0 amide bonds. The van der Waals surface area contributed by atoms with Gasteiger partial charge in [0.15, 0.2) is 0 Å². The zero-order valence-corrected chi connectivity index (χ0v) is 5.90. The predicted molar refractivity (Wildman–Crippen MR) is 23.6 cm³/mol. The summed E-state index contributed by atoms with van der Waals surface area (Å²) < 4.78 is 23.2. The molecule has 40 valence electrons. The maximum absolute atomic E-state index is 8.81. The molecule has 0 saturated carbocycles. The fourth-order valence-corrected chi connectivity index (χ4v) is 0. The summed E-state index contributed by atoms with van der Waals surface area (Å²) in [6.07, 6.45) is 0. The molecule has 0 aliphatic carbocycles. The van der Waals surface area contributed by atoms with E-state index in [0.717, 1.165) is 0 Å². The van der Waals surface area contributed by atoms with Crippen molar-refractivity contribution in [2.45, 2.75) is 13.8 Å². The van der Waals surface area contributed by atoms with Gasteiger partial charge in [-0.2, -0.15) is 0 Å². The molecule has 0 radical (unpaired) electrons. The summed E-state index contributed by atoms with van der Waals surface area (Å²) in [7, 11) is 0. The summed E-state index contributed by atoms with van der Waals surface area (Å²) >= 11 is -3.58. The van der Waals surface area contributed by atoms with Crippen LogP contribution < -0.4 is 0 Å². The SMILES string of the molecule is CC.O=[AsH](O)O. The van der Waals surface area contributed by atoms with Crippen LogP contribution in [0.15, 0.2) is 0 Å². The van der Waals surface area contributed by atoms with E-state index in [1.807, 2.05) is 13.8 Å². The van der Waals surface area contributed by atoms with Crippen LogP contribution in [0, 0.1) is 0 Å². The Morgan fingerprint density at radius 1 is 1.33 bits per heavy atom. The summed E-state index contributed by atoms with van der Waals surface area (Å²) in [5.41, 5.74) is 0. The maximum atomic E-state index is 8.81. The Morgan fingerprint density at radius 2 is 1.33 bits per heavy atom. The molecule has 0 fully saturated rings. The fourth-order valence-electron chi connectivity index (χ4n) is 0. The molecule has 4 heteroatoms. The average Bonchev–Trinajstić information content (AvgIpc) is 1.41. The Labute approximate surface area is 41.8 Å². The summed E-state index contributed by atoms with van der Waals surface area (Å²) in [6, 6.07) is 0. The number of rotatable bonds is 0. The molecule has 0 aromatic heterocycles. The molecule has 0 heterocycles. The second-order valence-electron chi connectivity index (χ2n) is 0.283. The minimum absolute atomic E-state index is 2.00. The Kier molecular flexibility index (Phi) is 14.3. The molecule has 0 aromatic rings. The van der Waals surface area contributed by atoms with E-state index in [0.29, 0.717) is 0 Å². The third kappa shape index (κ3) is 593. The molecule has 6 heavy (non-hydrogen) atoms. The Hall–Kier alpha value is 0.278. The van der Waals surface area contributed by atoms with Crippen LogP contribution >= 0.6 is 0 Å². The van der Waals surface area contributed by atoms with Gasteiger partial charge in [-0.05, 0) is 0 Å². The van der Waals surface area contributed by atoms with Gasteiger partial charge in [-0.1, -0.05) is 13.8 Å². The molecule has 0 aromatic carbocycles. The first kappa shape index (κ1) is 9.56. The second-order valence-corrected chi connectivity index (χ2v) is 1.47. The van der Waals surface area contributed by atoms with E-state index in [-0.39, 0.29) is 0 Å². The number of hydrogen-bond acceptors (Lipinski definition) is 1. The molecule has 0 unspecified atom stereocenters. The van der Waals surface area contributed by atoms with Crippen LogP contribution in [0.25, 0.3) is 0 Å². The quantitative estimate of drug-likeness (QED) is 0.449. The van der Waals surface area contributed by atoms with Gasteiger partial charge in [0.25, 0.3) is 0 Å². The van der Waals surface area contributed by atoms with Crippen molar-refractivity contribution in [2.24, 2.45) is 0 Å². The van der Waals surface area contributed by atoms with E-state index < -0.39 is 15.3 Å². The molecular formula is C2H9AsO3. The van der Waals surface area contributed by atoms with Crippen molar-refractivity contribution in [3.05, 3.63) is 0 Å². The zero-order valence-electron chi connectivity index (χ0n) is 3.80. The van der Waals surface area contributed by atoms with Crippen LogP contribution in [0.3, 0.4) is 0 Å². The van der Waals surface area contributed by atoms with E-state index in [4.69, 9.17) is 11.9 Å². The van der Waals surface area contributed by atoms with Crippen molar-refractivity contribution < 1.29 is 11.9 Å². The van der Waals surface area contributed by atoms with Crippen molar-refractivity contribution in [1.29, 1.82) is 0 Å². The summed E-state index contributed by atoms with van der Waals surface area (Å²) in [5.74, 6) is 0. The molecule has 0 aliphatic rings. The molecule has 0 rings (SSSR count). The monoisotopic (exact) mass is 156 g/mol. The molecular weight excluding hydrogens is 147 g/mol. The first-order valence-corrected chi connectivity index (χ1v) is 4.38. The van der Waals surface area contributed by atoms with Gasteiger partial charge in [0.2, 0.25) is 0 Å². The van der Waals surface area contributed by atoms with Crippen LogP contribution in [0.1, 0.15) is 13.8 Å². The summed E-state index contributed by atoms with van der Waals surface area (Å²) in [4.78, 5) is 0. The van der Waals surface area contributed by atoms with Crippen molar-refractivity contribution in [2.75, 3.05) is 0 Å². The van der Waals surface area contributed by atoms with Crippen LogP contribution in [0.4, 0.5) is 0 Å². The van der Waals surface area contributed by atoms with Crippen molar-refractivity contribution in [1.82, 2.24) is 0 Å². The van der Waals surface area contributed by atoms with E-state index in [9.17, 15) is 0 Å². The Morgan fingerprint density at radius 3 is 1.33 bits per heavy atom. The molecule has 3 nitrogen and oxygen atoms in total. The van der Waals surface area contributed by atoms with E-state index in [1.165, 1.54) is 0 Å². The topological polar surface area (TPSA) is 57.5 Å². The third-order valence-corrected chi connectivity index (χ3v) is 0. The molecule has 0 aliphatic heterocycles. The molecule has 0 atom stereocenters. The average molecular weight is 156 g/mol. The first-order valence-electron chi connectivity index (χ1n) is 1.65. The van der Waals surface area contributed by atoms with Gasteiger partial charge < -0.3 is 0 Å². The summed E-state index contributed by atoms with van der Waals surface area (Å²) in [6.45, 7) is 4.00. The number of hydrogen-bond donors (Lipinski definition) is 2. The zero-order chi connectivity index (χ0) is 5.58. The standard InChI is InChI=1S/C2H6.AsH3O3/c1-2;2-1(3)4/h1-2H3;1H,(H2,2,3,4). The molecule has 0 saturated heterocycles. The first-order chi connectivity index (χ1) is 2.73. The van der Waals surface area contributed by atoms with Gasteiger partial charge in [0.05, 0.1) is 0 Å². The van der Waals surface area contributed by atoms with Gasteiger partial charge in [-0.15, -0.1) is 0 Å². The minimum atomic E-state index is -3.58. The normalized spacial score (nSPS) is 6.83. The van der Waals surface area contributed by atoms with Crippen LogP contribution in [-0.2, 0) is 3.74 Å². The van der Waals surface area contributed by atoms with Gasteiger partial charge in [0, 0.05) is 0 Å². The van der Waals surface area contributed by atoms with E-state index in [2.05, 4.69) is 0 Å². The van der Waals surface area contributed by atoms with Crippen LogP contribution in [0.5, 0.6) is 0 Å². The van der Waals surface area contributed by atoms with Crippen LogP contribution in [0.2, 0.25) is 0 Å². The Bertz CT molecular complexity index is 31.8. The van der Waals surface area contributed by atoms with Crippen molar-refractivity contribution in [3.8, 4) is 0 Å². The van der Waals surface area contributed by atoms with Gasteiger partial charge in [-0.3, -0.25) is 0 Å². The third-order valence-electron chi connectivity index (χ3n) is 0. The van der Waals surface area contributed by atoms with Crippen LogP contribution in [-0.4, -0.2) is 23.5 Å². The van der Waals surface area contributed by atoms with E-state index >= 15 is 0 Å². The van der Waals surface area contributed by atoms with Gasteiger partial charge in [-0.25, -0.2) is 0 Å². The second kappa shape index (κ2) is 8.99. The fraction of sp³-hybridized carbons (Fsp3) is 1.00. The van der Waals surface area contributed by atoms with Crippen molar-refractivity contribution >= 4 is 15.3 Å². The molecule has 0 spiro atoms. The Balaban J connectivity index is 0. The predicted octanol–water partition coefficient (Wildman–Crippen LogP) is -0.855. The molecule has 0 bridgehead atoms. The van der Waals surface area contributed by atoms with Crippen molar-refractivity contribution in [3.63, 3.8) is 0 Å². The summed E-state index contributed by atoms with van der Waals surface area (Å²) in [5, 5.41) is 0.